The maximum absolute atomic E-state index is 13.1. The summed E-state index contributed by atoms with van der Waals surface area (Å²) in [5.41, 5.74) is 8.25. The lowest BCUT2D eigenvalue weighted by Crippen LogP contribution is -2.37. The fourth-order valence-electron chi connectivity index (χ4n) is 4.51. The van der Waals surface area contributed by atoms with Crippen LogP contribution < -0.4 is 16.0 Å². The van der Waals surface area contributed by atoms with Crippen LogP contribution in [0.2, 0.25) is 0 Å². The van der Waals surface area contributed by atoms with E-state index in [2.05, 4.69) is 45.5 Å². The Morgan fingerprint density at radius 3 is 2.91 bits per heavy atom. The summed E-state index contributed by atoms with van der Waals surface area (Å²) in [6.45, 7) is 2.67. The zero-order valence-corrected chi connectivity index (χ0v) is 19.4. The molecule has 1 aliphatic rings. The fourth-order valence-corrected chi connectivity index (χ4v) is 6.13. The van der Waals surface area contributed by atoms with E-state index in [0.717, 1.165) is 52.6 Å². The second-order valence-corrected chi connectivity index (χ2v) is 9.99. The minimum Gasteiger partial charge on any atom is -0.369 e. The molecule has 32 heavy (non-hydrogen) atoms. The van der Waals surface area contributed by atoms with Gasteiger partial charge in [-0.25, -0.2) is 4.98 Å². The first-order chi connectivity index (χ1) is 15.7. The van der Waals surface area contributed by atoms with E-state index in [0.29, 0.717) is 18.2 Å². The predicted molar refractivity (Wildman–Crippen MR) is 136 cm³/mol. The number of carbonyl (C=O) groups excluding carboxylic acids is 1. The van der Waals surface area contributed by atoms with Crippen LogP contribution in [0.5, 0.6) is 0 Å². The van der Waals surface area contributed by atoms with Gasteiger partial charge in [-0.1, -0.05) is 36.4 Å². The SMILES string of the molecule is NCCC1CCCN(c2c(NC(=O)c3csc(-c4cccs4)n3)ccc3ccccc23)C1. The zero-order valence-electron chi connectivity index (χ0n) is 17.8. The summed E-state index contributed by atoms with van der Waals surface area (Å²) >= 11 is 3.14. The monoisotopic (exact) mass is 462 g/mol. The molecule has 0 saturated carbocycles. The highest BCUT2D eigenvalue weighted by atomic mass is 32.1. The highest BCUT2D eigenvalue weighted by molar-refractivity contribution is 7.20. The number of anilines is 2. The Hall–Kier alpha value is -2.74. The molecule has 2 aromatic heterocycles. The van der Waals surface area contributed by atoms with Crippen molar-refractivity contribution in [2.45, 2.75) is 19.3 Å². The molecule has 0 aliphatic carbocycles. The van der Waals surface area contributed by atoms with Gasteiger partial charge in [0.2, 0.25) is 0 Å². The lowest BCUT2D eigenvalue weighted by molar-refractivity contribution is 0.102. The van der Waals surface area contributed by atoms with Gasteiger partial charge in [0.1, 0.15) is 10.7 Å². The summed E-state index contributed by atoms with van der Waals surface area (Å²) in [7, 11) is 0. The minimum atomic E-state index is -0.170. The van der Waals surface area contributed by atoms with E-state index in [4.69, 9.17) is 5.73 Å². The second-order valence-electron chi connectivity index (χ2n) is 8.18. The topological polar surface area (TPSA) is 71.2 Å². The number of fused-ring (bicyclic) bond motifs is 1. The average Bonchev–Trinajstić information content (AvgIpc) is 3.51. The van der Waals surface area contributed by atoms with Crippen LogP contribution in [0.4, 0.5) is 11.4 Å². The van der Waals surface area contributed by atoms with Gasteiger partial charge in [-0.15, -0.1) is 22.7 Å². The number of nitrogens with one attached hydrogen (secondary N) is 1. The standard InChI is InChI=1S/C25H26N4OS2/c26-12-11-17-5-3-13-29(15-17)23-19-7-2-1-6-18(19)9-10-20(23)27-24(30)21-16-32-25(28-21)22-8-4-14-31-22/h1-2,4,6-10,14,16-17H,3,5,11-13,15,26H2,(H,27,30). The predicted octanol–water partition coefficient (Wildman–Crippen LogP) is 5.84. The van der Waals surface area contributed by atoms with Crippen LogP contribution in [0.25, 0.3) is 20.7 Å². The van der Waals surface area contributed by atoms with E-state index in [9.17, 15) is 4.79 Å². The van der Waals surface area contributed by atoms with Crippen LogP contribution in [-0.4, -0.2) is 30.5 Å². The number of nitrogens with two attached hydrogens (primary N) is 1. The van der Waals surface area contributed by atoms with Crippen LogP contribution in [0.1, 0.15) is 29.8 Å². The number of benzene rings is 2. The molecule has 3 heterocycles. The van der Waals surface area contributed by atoms with Crippen molar-refractivity contribution in [2.75, 3.05) is 29.9 Å². The van der Waals surface area contributed by atoms with Crippen LogP contribution in [-0.2, 0) is 0 Å². The Labute approximate surface area is 195 Å². The van der Waals surface area contributed by atoms with Gasteiger partial charge in [0.15, 0.2) is 0 Å². The molecule has 1 fully saturated rings. The molecule has 5 rings (SSSR count). The highest BCUT2D eigenvalue weighted by Gasteiger charge is 2.24. The third-order valence-electron chi connectivity index (χ3n) is 6.03. The fraction of sp³-hybridized carbons (Fsp3) is 0.280. The van der Waals surface area contributed by atoms with Crippen molar-refractivity contribution < 1.29 is 4.79 Å². The van der Waals surface area contributed by atoms with Crippen molar-refractivity contribution in [3.8, 4) is 9.88 Å². The first-order valence-corrected chi connectivity index (χ1v) is 12.8. The molecule has 2 aromatic carbocycles. The van der Waals surface area contributed by atoms with Crippen molar-refractivity contribution in [2.24, 2.45) is 11.7 Å². The Kier molecular flexibility index (Phi) is 6.21. The van der Waals surface area contributed by atoms with Gasteiger partial charge in [-0.2, -0.15) is 0 Å². The Morgan fingerprint density at radius 1 is 1.16 bits per heavy atom. The molecule has 1 amide bonds. The van der Waals surface area contributed by atoms with E-state index in [1.807, 2.05) is 29.0 Å². The molecule has 1 unspecified atom stereocenters. The maximum atomic E-state index is 13.1. The number of nitrogens with zero attached hydrogens (tertiary/aromatic N) is 2. The number of thiophene rings is 1. The Balaban J connectivity index is 1.47. The van der Waals surface area contributed by atoms with Crippen molar-refractivity contribution in [3.05, 3.63) is 65.0 Å². The van der Waals surface area contributed by atoms with Crippen LogP contribution in [0, 0.1) is 5.92 Å². The molecular formula is C25H26N4OS2. The molecule has 0 radical (unpaired) electrons. The number of carbonyl (C=O) groups is 1. The number of rotatable bonds is 6. The summed E-state index contributed by atoms with van der Waals surface area (Å²) in [5, 5.41) is 10.2. The van der Waals surface area contributed by atoms with Crippen LogP contribution >= 0.6 is 22.7 Å². The maximum Gasteiger partial charge on any atom is 0.275 e. The lowest BCUT2D eigenvalue weighted by Gasteiger charge is -2.36. The summed E-state index contributed by atoms with van der Waals surface area (Å²) < 4.78 is 0. The number of hydrogen-bond donors (Lipinski definition) is 2. The van der Waals surface area contributed by atoms with E-state index in [1.54, 1.807) is 11.3 Å². The van der Waals surface area contributed by atoms with E-state index in [-0.39, 0.29) is 5.91 Å². The zero-order chi connectivity index (χ0) is 21.9. The normalized spacial score (nSPS) is 16.4. The van der Waals surface area contributed by atoms with Crippen molar-refractivity contribution in [1.29, 1.82) is 0 Å². The van der Waals surface area contributed by atoms with Gasteiger partial charge in [-0.05, 0) is 54.6 Å². The first kappa shape index (κ1) is 21.1. The smallest absolute Gasteiger partial charge is 0.275 e. The molecule has 164 valence electrons. The van der Waals surface area contributed by atoms with Gasteiger partial charge in [-0.3, -0.25) is 4.79 Å². The molecule has 1 saturated heterocycles. The molecule has 3 N–H and O–H groups in total. The van der Waals surface area contributed by atoms with Crippen molar-refractivity contribution >= 4 is 50.7 Å². The third kappa shape index (κ3) is 4.28. The van der Waals surface area contributed by atoms with Gasteiger partial charge >= 0.3 is 0 Å². The largest absolute Gasteiger partial charge is 0.369 e. The Morgan fingerprint density at radius 2 is 2.06 bits per heavy atom. The number of hydrogen-bond acceptors (Lipinski definition) is 6. The molecule has 7 heteroatoms. The van der Waals surface area contributed by atoms with Crippen LogP contribution in [0.15, 0.2) is 59.3 Å². The molecular weight excluding hydrogens is 436 g/mol. The summed E-state index contributed by atoms with van der Waals surface area (Å²) in [4.78, 5) is 21.2. The van der Waals surface area contributed by atoms with E-state index in [1.165, 1.54) is 23.1 Å². The number of amides is 1. The van der Waals surface area contributed by atoms with Gasteiger partial charge in [0.25, 0.3) is 5.91 Å². The molecule has 4 aromatic rings. The summed E-state index contributed by atoms with van der Waals surface area (Å²) in [6, 6.07) is 16.5. The molecule has 1 aliphatic heterocycles. The van der Waals surface area contributed by atoms with Gasteiger partial charge in [0.05, 0.1) is 16.3 Å². The quantitative estimate of drug-likeness (QED) is 0.377. The highest BCUT2D eigenvalue weighted by Crippen LogP contribution is 2.38. The number of piperidine rings is 1. The van der Waals surface area contributed by atoms with E-state index < -0.39 is 0 Å². The first-order valence-electron chi connectivity index (χ1n) is 11.0. The van der Waals surface area contributed by atoms with Gasteiger partial charge < -0.3 is 16.0 Å². The minimum absolute atomic E-state index is 0.170. The number of aromatic nitrogens is 1. The molecule has 5 nitrogen and oxygen atoms in total. The third-order valence-corrected chi connectivity index (χ3v) is 7.91. The molecule has 0 bridgehead atoms. The molecule has 1 atom stereocenters. The second kappa shape index (κ2) is 9.40. The van der Waals surface area contributed by atoms with Gasteiger partial charge in [0, 0.05) is 23.9 Å². The molecule has 0 spiro atoms. The number of thiazole rings is 1. The lowest BCUT2D eigenvalue weighted by atomic mass is 9.93. The van der Waals surface area contributed by atoms with Crippen molar-refractivity contribution in [1.82, 2.24) is 4.98 Å². The van der Waals surface area contributed by atoms with Crippen LogP contribution in [0.3, 0.4) is 0 Å². The average molecular weight is 463 g/mol. The summed E-state index contributed by atoms with van der Waals surface area (Å²) in [5.74, 6) is 0.416. The van der Waals surface area contributed by atoms with Crippen molar-refractivity contribution in [3.63, 3.8) is 0 Å². The Bertz CT molecular complexity index is 1220. The summed E-state index contributed by atoms with van der Waals surface area (Å²) in [6.07, 6.45) is 3.38. The van der Waals surface area contributed by atoms with E-state index >= 15 is 0 Å².